The van der Waals surface area contributed by atoms with E-state index in [-0.39, 0.29) is 18.9 Å². The molecule has 0 unspecified atom stereocenters. The van der Waals surface area contributed by atoms with Crippen molar-refractivity contribution in [2.24, 2.45) is 0 Å². The van der Waals surface area contributed by atoms with Crippen molar-refractivity contribution in [2.45, 2.75) is 19.8 Å². The molecule has 5 nitrogen and oxygen atoms in total. The summed E-state index contributed by atoms with van der Waals surface area (Å²) >= 11 is 0. The van der Waals surface area contributed by atoms with Gasteiger partial charge in [0.2, 0.25) is 11.8 Å². The first-order valence-electron chi connectivity index (χ1n) is 7.05. The summed E-state index contributed by atoms with van der Waals surface area (Å²) < 4.78 is 44.8. The molecule has 0 aliphatic rings. The molecule has 0 saturated carbocycles. The first-order valence-corrected chi connectivity index (χ1v) is 7.05. The maximum Gasteiger partial charge on any atom is 0.223 e. The van der Waals surface area contributed by atoms with Crippen molar-refractivity contribution in [1.82, 2.24) is 5.32 Å². The van der Waals surface area contributed by atoms with E-state index in [1.807, 2.05) is 0 Å². The highest BCUT2D eigenvalue weighted by Gasteiger charge is 2.21. The van der Waals surface area contributed by atoms with E-state index in [1.165, 1.54) is 0 Å². The maximum absolute atomic E-state index is 13.8. The molecule has 0 aliphatic heterocycles. The van der Waals surface area contributed by atoms with Crippen LogP contribution in [0.2, 0.25) is 0 Å². The predicted octanol–water partition coefficient (Wildman–Crippen LogP) is 2.00. The van der Waals surface area contributed by atoms with Gasteiger partial charge in [-0.05, 0) is 18.6 Å². The molecule has 2 amide bonds. The maximum atomic E-state index is 13.8. The summed E-state index contributed by atoms with van der Waals surface area (Å²) in [5.41, 5.74) is -0.399. The second-order valence-corrected chi connectivity index (χ2v) is 4.81. The van der Waals surface area contributed by atoms with E-state index in [0.717, 1.165) is 24.0 Å². The van der Waals surface area contributed by atoms with Crippen LogP contribution in [-0.2, 0) is 14.3 Å². The highest BCUT2D eigenvalue weighted by atomic mass is 19.2. The molecule has 1 aromatic rings. The molecule has 0 radical (unpaired) electrons. The molecular formula is C15H19F3N2O3. The highest BCUT2D eigenvalue weighted by molar-refractivity contribution is 5.92. The Kier molecular flexibility index (Phi) is 7.53. The number of rotatable bonds is 8. The quantitative estimate of drug-likeness (QED) is 0.585. The molecule has 0 bridgehead atoms. The zero-order chi connectivity index (χ0) is 17.4. The number of hydrogen-bond donors (Lipinski definition) is 1. The van der Waals surface area contributed by atoms with Crippen molar-refractivity contribution in [3.63, 3.8) is 0 Å². The van der Waals surface area contributed by atoms with Gasteiger partial charge in [-0.25, -0.2) is 13.2 Å². The van der Waals surface area contributed by atoms with Gasteiger partial charge in [0.15, 0.2) is 17.5 Å². The largest absolute Gasteiger partial charge is 0.385 e. The number of hydrogen-bond acceptors (Lipinski definition) is 3. The molecule has 1 aromatic carbocycles. The molecule has 0 saturated heterocycles. The van der Waals surface area contributed by atoms with Gasteiger partial charge in [-0.1, -0.05) is 0 Å². The number of carbonyl (C=O) groups excluding carboxylic acids is 2. The minimum absolute atomic E-state index is 0.0923. The molecule has 0 spiro atoms. The molecule has 0 heterocycles. The first-order chi connectivity index (χ1) is 10.9. The smallest absolute Gasteiger partial charge is 0.223 e. The molecule has 0 aliphatic carbocycles. The second-order valence-electron chi connectivity index (χ2n) is 4.81. The fraction of sp³-hybridized carbons (Fsp3) is 0.467. The summed E-state index contributed by atoms with van der Waals surface area (Å²) in [5.74, 6) is -5.37. The third-order valence-corrected chi connectivity index (χ3v) is 3.10. The summed E-state index contributed by atoms with van der Waals surface area (Å²) in [7, 11) is 1.54. The molecule has 128 valence electrons. The SMILES string of the molecule is COCCCNC(=O)CCN(C(C)=O)c1ccc(F)c(F)c1F. The van der Waals surface area contributed by atoms with E-state index in [9.17, 15) is 22.8 Å². The van der Waals surface area contributed by atoms with Crippen LogP contribution in [0.4, 0.5) is 18.9 Å². The topological polar surface area (TPSA) is 58.6 Å². The molecule has 1 N–H and O–H groups in total. The highest BCUT2D eigenvalue weighted by Crippen LogP contribution is 2.24. The zero-order valence-electron chi connectivity index (χ0n) is 13.0. The number of carbonyl (C=O) groups is 2. The Morgan fingerprint density at radius 3 is 2.52 bits per heavy atom. The van der Waals surface area contributed by atoms with E-state index in [1.54, 1.807) is 7.11 Å². The minimum Gasteiger partial charge on any atom is -0.385 e. The van der Waals surface area contributed by atoms with Gasteiger partial charge in [-0.3, -0.25) is 9.59 Å². The number of ether oxygens (including phenoxy) is 1. The number of halogens is 3. The van der Waals surface area contributed by atoms with Crippen molar-refractivity contribution >= 4 is 17.5 Å². The number of benzene rings is 1. The normalized spacial score (nSPS) is 10.5. The zero-order valence-corrected chi connectivity index (χ0v) is 13.0. The van der Waals surface area contributed by atoms with Crippen LogP contribution in [0.15, 0.2) is 12.1 Å². The Morgan fingerprint density at radius 1 is 1.22 bits per heavy atom. The molecule has 0 fully saturated rings. The van der Waals surface area contributed by atoms with Crippen molar-refractivity contribution in [3.05, 3.63) is 29.6 Å². The third kappa shape index (κ3) is 5.55. The van der Waals surface area contributed by atoms with Crippen LogP contribution in [0.1, 0.15) is 19.8 Å². The fourth-order valence-electron chi connectivity index (χ4n) is 1.92. The standard InChI is InChI=1S/C15H19F3N2O3/c1-10(21)20(8-6-13(22)19-7-3-9-23-2)12-5-4-11(16)14(17)15(12)18/h4-5H,3,6-9H2,1-2H3,(H,19,22). The number of anilines is 1. The summed E-state index contributed by atoms with van der Waals surface area (Å²) in [5, 5.41) is 2.61. The van der Waals surface area contributed by atoms with Crippen LogP contribution in [0.3, 0.4) is 0 Å². The molecule has 23 heavy (non-hydrogen) atoms. The minimum atomic E-state index is -1.65. The van der Waals surface area contributed by atoms with E-state index in [0.29, 0.717) is 19.6 Å². The van der Waals surface area contributed by atoms with Crippen LogP contribution in [0.25, 0.3) is 0 Å². The average molecular weight is 332 g/mol. The average Bonchev–Trinajstić information content (AvgIpc) is 2.51. The van der Waals surface area contributed by atoms with Gasteiger partial charge < -0.3 is 15.0 Å². The van der Waals surface area contributed by atoms with Crippen molar-refractivity contribution in [1.29, 1.82) is 0 Å². The lowest BCUT2D eigenvalue weighted by molar-refractivity contribution is -0.121. The Bertz CT molecular complexity index is 567. The van der Waals surface area contributed by atoms with Gasteiger partial charge in [0.05, 0.1) is 5.69 Å². The number of amides is 2. The van der Waals surface area contributed by atoms with Gasteiger partial charge >= 0.3 is 0 Å². The summed E-state index contributed by atoms with van der Waals surface area (Å²) in [6.07, 6.45) is 0.543. The molecule has 0 atom stereocenters. The molecule has 1 rings (SSSR count). The molecule has 8 heteroatoms. The number of nitrogens with one attached hydrogen (secondary N) is 1. The van der Waals surface area contributed by atoms with Gasteiger partial charge in [0.1, 0.15) is 0 Å². The lowest BCUT2D eigenvalue weighted by Crippen LogP contribution is -2.35. The van der Waals surface area contributed by atoms with Gasteiger partial charge in [-0.15, -0.1) is 0 Å². The Hall–Kier alpha value is -2.09. The van der Waals surface area contributed by atoms with Crippen LogP contribution >= 0.6 is 0 Å². The summed E-state index contributed by atoms with van der Waals surface area (Å²) in [6, 6.07) is 1.69. The molecule has 0 aromatic heterocycles. The Balaban J connectivity index is 2.68. The monoisotopic (exact) mass is 332 g/mol. The van der Waals surface area contributed by atoms with Gasteiger partial charge in [0.25, 0.3) is 0 Å². The first kappa shape index (κ1) is 19.0. The lowest BCUT2D eigenvalue weighted by Gasteiger charge is -2.21. The van der Waals surface area contributed by atoms with E-state index in [4.69, 9.17) is 4.74 Å². The van der Waals surface area contributed by atoms with E-state index >= 15 is 0 Å². The fourth-order valence-corrected chi connectivity index (χ4v) is 1.92. The van der Waals surface area contributed by atoms with Crippen LogP contribution < -0.4 is 10.2 Å². The predicted molar refractivity (Wildman–Crippen MR) is 78.5 cm³/mol. The Morgan fingerprint density at radius 2 is 1.91 bits per heavy atom. The van der Waals surface area contributed by atoms with Crippen LogP contribution in [0.5, 0.6) is 0 Å². The van der Waals surface area contributed by atoms with Crippen LogP contribution in [-0.4, -0.2) is 38.6 Å². The summed E-state index contributed by atoms with van der Waals surface area (Å²) in [4.78, 5) is 24.1. The van der Waals surface area contributed by atoms with Gasteiger partial charge in [-0.2, -0.15) is 0 Å². The van der Waals surface area contributed by atoms with E-state index in [2.05, 4.69) is 5.32 Å². The van der Waals surface area contributed by atoms with Crippen LogP contribution in [0, 0.1) is 17.5 Å². The van der Waals surface area contributed by atoms with Gasteiger partial charge in [0, 0.05) is 40.2 Å². The van der Waals surface area contributed by atoms with E-state index < -0.39 is 29.0 Å². The molecular weight excluding hydrogens is 313 g/mol. The summed E-state index contributed by atoms with van der Waals surface area (Å²) in [6.45, 7) is 1.91. The lowest BCUT2D eigenvalue weighted by atomic mass is 10.2. The van der Waals surface area contributed by atoms with Crippen molar-refractivity contribution in [2.75, 3.05) is 31.7 Å². The third-order valence-electron chi connectivity index (χ3n) is 3.10. The van der Waals surface area contributed by atoms with Crippen molar-refractivity contribution < 1.29 is 27.5 Å². The van der Waals surface area contributed by atoms with Crippen molar-refractivity contribution in [3.8, 4) is 0 Å². The number of methoxy groups -OCH3 is 1. The number of nitrogens with zero attached hydrogens (tertiary/aromatic N) is 1. The Labute approximate surface area is 132 Å². The second kappa shape index (κ2) is 9.14.